The van der Waals surface area contributed by atoms with Crippen LogP contribution >= 0.6 is 0 Å². The molecule has 1 aliphatic rings. The van der Waals surface area contributed by atoms with Crippen LogP contribution in [-0.4, -0.2) is 12.6 Å². The summed E-state index contributed by atoms with van der Waals surface area (Å²) in [6.07, 6.45) is 2.58. The number of rotatable bonds is 6. The van der Waals surface area contributed by atoms with Gasteiger partial charge in [0, 0.05) is 6.61 Å². The lowest BCUT2D eigenvalue weighted by atomic mass is 9.99. The average Bonchev–Trinajstić information content (AvgIpc) is 3.15. The summed E-state index contributed by atoms with van der Waals surface area (Å²) in [5.41, 5.74) is 4.13. The van der Waals surface area contributed by atoms with Crippen molar-refractivity contribution >= 4 is 0 Å². The van der Waals surface area contributed by atoms with Gasteiger partial charge in [-0.05, 0) is 31.2 Å². The standard InChI is InChI=1S/C13H20N2O/c1-2-16-13(11-6-4-3-5-7-11)12(15-14)10-8-9-10/h3-7,10,12-13,15H,2,8-9,14H2,1H3. The van der Waals surface area contributed by atoms with Crippen LogP contribution < -0.4 is 11.3 Å². The lowest BCUT2D eigenvalue weighted by Gasteiger charge is -2.26. The van der Waals surface area contributed by atoms with Gasteiger partial charge in [0.1, 0.15) is 0 Å². The second-order valence-electron chi connectivity index (χ2n) is 4.32. The lowest BCUT2D eigenvalue weighted by Crippen LogP contribution is -2.42. The highest BCUT2D eigenvalue weighted by molar-refractivity contribution is 5.20. The maximum Gasteiger partial charge on any atom is 0.0993 e. The van der Waals surface area contributed by atoms with Crippen molar-refractivity contribution in [3.8, 4) is 0 Å². The van der Waals surface area contributed by atoms with Crippen molar-refractivity contribution in [1.29, 1.82) is 0 Å². The number of hydrogen-bond donors (Lipinski definition) is 2. The summed E-state index contributed by atoms with van der Waals surface area (Å²) in [6.45, 7) is 2.74. The normalized spacial score (nSPS) is 19.4. The molecule has 1 aromatic carbocycles. The van der Waals surface area contributed by atoms with E-state index in [1.165, 1.54) is 18.4 Å². The van der Waals surface area contributed by atoms with Crippen molar-refractivity contribution in [3.63, 3.8) is 0 Å². The molecular weight excluding hydrogens is 200 g/mol. The largest absolute Gasteiger partial charge is 0.372 e. The fraction of sp³-hybridized carbons (Fsp3) is 0.538. The highest BCUT2D eigenvalue weighted by Gasteiger charge is 2.37. The third-order valence-electron chi connectivity index (χ3n) is 3.12. The van der Waals surface area contributed by atoms with E-state index in [9.17, 15) is 0 Å². The molecule has 1 saturated carbocycles. The van der Waals surface area contributed by atoms with Crippen LogP contribution in [-0.2, 0) is 4.74 Å². The molecule has 2 rings (SSSR count). The summed E-state index contributed by atoms with van der Waals surface area (Å²) in [7, 11) is 0. The summed E-state index contributed by atoms with van der Waals surface area (Å²) < 4.78 is 5.84. The Labute approximate surface area is 97.0 Å². The van der Waals surface area contributed by atoms with Crippen LogP contribution in [0.15, 0.2) is 30.3 Å². The Morgan fingerprint density at radius 1 is 1.38 bits per heavy atom. The van der Waals surface area contributed by atoms with E-state index >= 15 is 0 Å². The average molecular weight is 220 g/mol. The summed E-state index contributed by atoms with van der Waals surface area (Å²) in [5.74, 6) is 6.32. The Bertz CT molecular complexity index is 311. The van der Waals surface area contributed by atoms with Crippen LogP contribution in [0, 0.1) is 5.92 Å². The first-order chi connectivity index (χ1) is 7.86. The number of hydrogen-bond acceptors (Lipinski definition) is 3. The monoisotopic (exact) mass is 220 g/mol. The molecule has 0 amide bonds. The van der Waals surface area contributed by atoms with E-state index in [0.29, 0.717) is 12.5 Å². The molecule has 0 heterocycles. The Morgan fingerprint density at radius 3 is 2.56 bits per heavy atom. The Balaban J connectivity index is 2.15. The smallest absolute Gasteiger partial charge is 0.0993 e. The summed E-state index contributed by atoms with van der Waals surface area (Å²) >= 11 is 0. The van der Waals surface area contributed by atoms with Crippen molar-refractivity contribution < 1.29 is 4.74 Å². The molecule has 3 N–H and O–H groups in total. The van der Waals surface area contributed by atoms with Gasteiger partial charge in [0.2, 0.25) is 0 Å². The van der Waals surface area contributed by atoms with E-state index in [2.05, 4.69) is 17.6 Å². The molecule has 1 fully saturated rings. The van der Waals surface area contributed by atoms with Crippen LogP contribution in [0.4, 0.5) is 0 Å². The number of ether oxygens (including phenoxy) is 1. The first kappa shape index (κ1) is 11.6. The second-order valence-corrected chi connectivity index (χ2v) is 4.32. The van der Waals surface area contributed by atoms with E-state index in [4.69, 9.17) is 10.6 Å². The van der Waals surface area contributed by atoms with Crippen molar-refractivity contribution in [1.82, 2.24) is 5.43 Å². The summed E-state index contributed by atoms with van der Waals surface area (Å²) in [4.78, 5) is 0. The Kier molecular flexibility index (Phi) is 3.93. The van der Waals surface area contributed by atoms with E-state index < -0.39 is 0 Å². The molecule has 0 aromatic heterocycles. The Morgan fingerprint density at radius 2 is 2.06 bits per heavy atom. The van der Waals surface area contributed by atoms with E-state index in [1.54, 1.807) is 0 Å². The maximum atomic E-state index is 5.84. The molecule has 2 atom stereocenters. The zero-order valence-electron chi connectivity index (χ0n) is 9.73. The predicted octanol–water partition coefficient (Wildman–Crippen LogP) is 2.01. The molecule has 3 nitrogen and oxygen atoms in total. The topological polar surface area (TPSA) is 47.3 Å². The van der Waals surface area contributed by atoms with Crippen molar-refractivity contribution in [2.45, 2.75) is 31.9 Å². The van der Waals surface area contributed by atoms with Crippen molar-refractivity contribution in [2.75, 3.05) is 6.61 Å². The fourth-order valence-electron chi connectivity index (χ4n) is 2.16. The molecule has 1 aromatic rings. The minimum atomic E-state index is 0.0729. The molecule has 1 aliphatic carbocycles. The van der Waals surface area contributed by atoms with Crippen LogP contribution in [0.1, 0.15) is 31.4 Å². The number of nitrogens with one attached hydrogen (secondary N) is 1. The minimum Gasteiger partial charge on any atom is -0.372 e. The molecule has 0 spiro atoms. The van der Waals surface area contributed by atoms with Crippen molar-refractivity contribution in [3.05, 3.63) is 35.9 Å². The molecule has 0 bridgehead atoms. The highest BCUT2D eigenvalue weighted by atomic mass is 16.5. The van der Waals surface area contributed by atoms with E-state index in [0.717, 1.165) is 0 Å². The van der Waals surface area contributed by atoms with Gasteiger partial charge in [0.05, 0.1) is 12.1 Å². The molecular formula is C13H20N2O. The summed E-state index contributed by atoms with van der Waals surface area (Å²) in [6, 6.07) is 10.6. The third kappa shape index (κ3) is 2.61. The molecule has 16 heavy (non-hydrogen) atoms. The SMILES string of the molecule is CCOC(c1ccccc1)C(NN)C1CC1. The third-order valence-corrected chi connectivity index (χ3v) is 3.12. The lowest BCUT2D eigenvalue weighted by molar-refractivity contribution is 0.0271. The fourth-order valence-corrected chi connectivity index (χ4v) is 2.16. The van der Waals surface area contributed by atoms with Gasteiger partial charge in [0.25, 0.3) is 0 Å². The molecule has 3 heteroatoms. The Hall–Kier alpha value is -0.900. The van der Waals surface area contributed by atoms with Crippen LogP contribution in [0.3, 0.4) is 0 Å². The van der Waals surface area contributed by atoms with Gasteiger partial charge >= 0.3 is 0 Å². The van der Waals surface area contributed by atoms with Gasteiger partial charge in [-0.1, -0.05) is 30.3 Å². The minimum absolute atomic E-state index is 0.0729. The molecule has 88 valence electrons. The van der Waals surface area contributed by atoms with Gasteiger partial charge in [-0.3, -0.25) is 11.3 Å². The predicted molar refractivity (Wildman–Crippen MR) is 64.6 cm³/mol. The summed E-state index contributed by atoms with van der Waals surface area (Å²) in [5, 5.41) is 0. The number of hydrazine groups is 1. The second kappa shape index (κ2) is 5.43. The van der Waals surface area contributed by atoms with Gasteiger partial charge in [0.15, 0.2) is 0 Å². The molecule has 0 aliphatic heterocycles. The quantitative estimate of drug-likeness (QED) is 0.569. The van der Waals surface area contributed by atoms with E-state index in [1.807, 2.05) is 25.1 Å². The number of nitrogens with two attached hydrogens (primary N) is 1. The number of benzene rings is 1. The zero-order chi connectivity index (χ0) is 11.4. The van der Waals surface area contributed by atoms with Gasteiger partial charge in [-0.2, -0.15) is 0 Å². The first-order valence-corrected chi connectivity index (χ1v) is 5.99. The van der Waals surface area contributed by atoms with Gasteiger partial charge < -0.3 is 4.74 Å². The van der Waals surface area contributed by atoms with Crippen LogP contribution in [0.2, 0.25) is 0 Å². The van der Waals surface area contributed by atoms with Gasteiger partial charge in [-0.15, -0.1) is 0 Å². The molecule has 0 saturated heterocycles. The molecule has 0 radical (unpaired) electrons. The van der Waals surface area contributed by atoms with Crippen molar-refractivity contribution in [2.24, 2.45) is 11.8 Å². The highest BCUT2D eigenvalue weighted by Crippen LogP contribution is 2.39. The van der Waals surface area contributed by atoms with Gasteiger partial charge in [-0.25, -0.2) is 0 Å². The molecule has 2 unspecified atom stereocenters. The zero-order valence-corrected chi connectivity index (χ0v) is 9.73. The van der Waals surface area contributed by atoms with Crippen LogP contribution in [0.25, 0.3) is 0 Å². The maximum absolute atomic E-state index is 5.84. The van der Waals surface area contributed by atoms with Crippen LogP contribution in [0.5, 0.6) is 0 Å². The first-order valence-electron chi connectivity index (χ1n) is 5.99. The van der Waals surface area contributed by atoms with E-state index in [-0.39, 0.29) is 12.1 Å².